The summed E-state index contributed by atoms with van der Waals surface area (Å²) in [6, 6.07) is 8.55. The molecule has 1 rings (SSSR count). The van der Waals surface area contributed by atoms with Gasteiger partial charge in [-0.3, -0.25) is 4.90 Å². The second-order valence-electron chi connectivity index (χ2n) is 3.90. The van der Waals surface area contributed by atoms with Crippen molar-refractivity contribution in [3.05, 3.63) is 29.8 Å². The molecule has 1 aromatic carbocycles. The molecular weight excluding hydrogens is 254 g/mol. The van der Waals surface area contributed by atoms with Crippen LogP contribution in [0.4, 0.5) is 8.78 Å². The average molecular weight is 270 g/mol. The third-order valence-corrected chi connectivity index (χ3v) is 2.47. The third-order valence-electron chi connectivity index (χ3n) is 2.47. The van der Waals surface area contributed by atoms with Gasteiger partial charge in [0.25, 0.3) is 6.43 Å². The van der Waals surface area contributed by atoms with E-state index in [4.69, 9.17) is 15.1 Å². The number of nitriles is 1. The molecule has 0 atom stereocenters. The van der Waals surface area contributed by atoms with Crippen molar-refractivity contribution in [1.29, 1.82) is 5.26 Å². The van der Waals surface area contributed by atoms with Gasteiger partial charge in [0.15, 0.2) is 0 Å². The van der Waals surface area contributed by atoms with Crippen LogP contribution in [-0.2, 0) is 0 Å². The molecule has 19 heavy (non-hydrogen) atoms. The Morgan fingerprint density at radius 1 is 1.26 bits per heavy atom. The lowest BCUT2D eigenvalue weighted by Crippen LogP contribution is -2.35. The summed E-state index contributed by atoms with van der Waals surface area (Å²) in [5.41, 5.74) is 0.534. The SMILES string of the molecule is N#Cc1ccc(OCCN(CCO)CC(F)F)cc1. The van der Waals surface area contributed by atoms with E-state index < -0.39 is 6.43 Å². The van der Waals surface area contributed by atoms with Crippen molar-refractivity contribution in [3.8, 4) is 11.8 Å². The fourth-order valence-corrected chi connectivity index (χ4v) is 1.55. The molecule has 4 nitrogen and oxygen atoms in total. The van der Waals surface area contributed by atoms with Gasteiger partial charge in [0.1, 0.15) is 12.4 Å². The molecule has 0 aliphatic rings. The van der Waals surface area contributed by atoms with Gasteiger partial charge in [-0.1, -0.05) is 0 Å². The number of hydrogen-bond donors (Lipinski definition) is 1. The van der Waals surface area contributed by atoms with Gasteiger partial charge in [-0.2, -0.15) is 5.26 Å². The van der Waals surface area contributed by atoms with Crippen molar-refractivity contribution in [2.45, 2.75) is 6.43 Å². The maximum absolute atomic E-state index is 12.2. The summed E-state index contributed by atoms with van der Waals surface area (Å²) in [6.07, 6.45) is -2.43. The maximum atomic E-state index is 12.2. The number of alkyl halides is 2. The zero-order valence-corrected chi connectivity index (χ0v) is 10.4. The number of halogens is 2. The number of benzene rings is 1. The number of nitrogens with zero attached hydrogens (tertiary/aromatic N) is 2. The first kappa shape index (κ1) is 15.3. The van der Waals surface area contributed by atoms with E-state index >= 15 is 0 Å². The summed E-state index contributed by atoms with van der Waals surface area (Å²) in [5, 5.41) is 17.4. The molecule has 0 heterocycles. The van der Waals surface area contributed by atoms with E-state index in [2.05, 4.69) is 0 Å². The van der Waals surface area contributed by atoms with Crippen LogP contribution in [0.2, 0.25) is 0 Å². The van der Waals surface area contributed by atoms with Crippen LogP contribution < -0.4 is 4.74 Å². The Kier molecular flexibility index (Phi) is 6.79. The number of hydrogen-bond acceptors (Lipinski definition) is 4. The topological polar surface area (TPSA) is 56.5 Å². The molecule has 0 aliphatic carbocycles. The number of aliphatic hydroxyl groups is 1. The molecule has 0 amide bonds. The van der Waals surface area contributed by atoms with Crippen LogP contribution in [-0.4, -0.2) is 49.3 Å². The molecule has 0 fully saturated rings. The van der Waals surface area contributed by atoms with E-state index in [1.54, 1.807) is 24.3 Å². The Labute approximate surface area is 110 Å². The second kappa shape index (κ2) is 8.40. The lowest BCUT2D eigenvalue weighted by Gasteiger charge is -2.20. The van der Waals surface area contributed by atoms with Crippen molar-refractivity contribution >= 4 is 0 Å². The summed E-state index contributed by atoms with van der Waals surface area (Å²) in [5.74, 6) is 0.583. The monoisotopic (exact) mass is 270 g/mol. The second-order valence-corrected chi connectivity index (χ2v) is 3.90. The smallest absolute Gasteiger partial charge is 0.251 e. The molecule has 0 aromatic heterocycles. The lowest BCUT2D eigenvalue weighted by molar-refractivity contribution is 0.0709. The van der Waals surface area contributed by atoms with Crippen molar-refractivity contribution < 1.29 is 18.6 Å². The van der Waals surface area contributed by atoms with E-state index in [1.807, 2.05) is 6.07 Å². The predicted molar refractivity (Wildman–Crippen MR) is 66.2 cm³/mol. The molecule has 104 valence electrons. The van der Waals surface area contributed by atoms with E-state index in [0.29, 0.717) is 17.9 Å². The van der Waals surface area contributed by atoms with Gasteiger partial charge in [-0.15, -0.1) is 0 Å². The molecule has 1 aromatic rings. The normalized spacial score (nSPS) is 10.7. The van der Waals surface area contributed by atoms with Gasteiger partial charge in [-0.25, -0.2) is 8.78 Å². The van der Waals surface area contributed by atoms with Crippen LogP contribution >= 0.6 is 0 Å². The molecule has 0 aliphatic heterocycles. The predicted octanol–water partition coefficient (Wildman–Crippen LogP) is 1.50. The van der Waals surface area contributed by atoms with Crippen molar-refractivity contribution in [2.24, 2.45) is 0 Å². The van der Waals surface area contributed by atoms with Crippen LogP contribution in [0.3, 0.4) is 0 Å². The summed E-state index contributed by atoms with van der Waals surface area (Å²) in [4.78, 5) is 1.44. The van der Waals surface area contributed by atoms with Crippen molar-refractivity contribution in [3.63, 3.8) is 0 Å². The Morgan fingerprint density at radius 2 is 1.95 bits per heavy atom. The Morgan fingerprint density at radius 3 is 2.47 bits per heavy atom. The van der Waals surface area contributed by atoms with E-state index in [1.165, 1.54) is 4.90 Å². The molecule has 0 saturated heterocycles. The third kappa shape index (κ3) is 6.13. The zero-order chi connectivity index (χ0) is 14.1. The number of aliphatic hydroxyl groups excluding tert-OH is 1. The molecule has 0 saturated carbocycles. The standard InChI is InChI=1S/C13H16F2N2O2/c14-13(15)10-17(5-7-18)6-8-19-12-3-1-11(9-16)2-4-12/h1-4,13,18H,5-8,10H2. The fourth-order valence-electron chi connectivity index (χ4n) is 1.55. The first-order chi connectivity index (χ1) is 9.15. The Bertz CT molecular complexity index is 404. The molecular formula is C13H16F2N2O2. The summed E-state index contributed by atoms with van der Waals surface area (Å²) < 4.78 is 29.9. The van der Waals surface area contributed by atoms with Gasteiger partial charge in [0, 0.05) is 13.1 Å². The van der Waals surface area contributed by atoms with Gasteiger partial charge in [-0.05, 0) is 24.3 Å². The van der Waals surface area contributed by atoms with Crippen LogP contribution in [0.5, 0.6) is 5.75 Å². The summed E-state index contributed by atoms with van der Waals surface area (Å²) >= 11 is 0. The van der Waals surface area contributed by atoms with Gasteiger partial charge < -0.3 is 9.84 Å². The van der Waals surface area contributed by atoms with Crippen molar-refractivity contribution in [1.82, 2.24) is 4.90 Å². The summed E-state index contributed by atoms with van der Waals surface area (Å²) in [6.45, 7) is 0.214. The molecule has 0 radical (unpaired) electrons. The van der Waals surface area contributed by atoms with E-state index in [9.17, 15) is 8.78 Å². The van der Waals surface area contributed by atoms with E-state index in [-0.39, 0.29) is 26.3 Å². The molecule has 0 unspecified atom stereocenters. The highest BCUT2D eigenvalue weighted by Gasteiger charge is 2.11. The highest BCUT2D eigenvalue weighted by molar-refractivity contribution is 5.34. The van der Waals surface area contributed by atoms with Gasteiger partial charge in [0.2, 0.25) is 0 Å². The highest BCUT2D eigenvalue weighted by Crippen LogP contribution is 2.11. The zero-order valence-electron chi connectivity index (χ0n) is 10.4. The van der Waals surface area contributed by atoms with E-state index in [0.717, 1.165) is 0 Å². The Hall–Kier alpha value is -1.71. The van der Waals surface area contributed by atoms with Crippen LogP contribution in [0.1, 0.15) is 5.56 Å². The van der Waals surface area contributed by atoms with Gasteiger partial charge >= 0.3 is 0 Å². The highest BCUT2D eigenvalue weighted by atomic mass is 19.3. The average Bonchev–Trinajstić information content (AvgIpc) is 2.39. The first-order valence-corrected chi connectivity index (χ1v) is 5.90. The quantitative estimate of drug-likeness (QED) is 0.777. The van der Waals surface area contributed by atoms with Crippen LogP contribution in [0, 0.1) is 11.3 Å². The summed E-state index contributed by atoms with van der Waals surface area (Å²) in [7, 11) is 0. The molecule has 0 bridgehead atoms. The molecule has 0 spiro atoms. The largest absolute Gasteiger partial charge is 0.492 e. The Balaban J connectivity index is 2.36. The number of ether oxygens (including phenoxy) is 1. The minimum atomic E-state index is -2.43. The molecule has 6 heteroatoms. The molecule has 1 N–H and O–H groups in total. The lowest BCUT2D eigenvalue weighted by atomic mass is 10.2. The maximum Gasteiger partial charge on any atom is 0.251 e. The van der Waals surface area contributed by atoms with Crippen LogP contribution in [0.25, 0.3) is 0 Å². The minimum absolute atomic E-state index is 0.163. The minimum Gasteiger partial charge on any atom is -0.492 e. The van der Waals surface area contributed by atoms with Gasteiger partial charge in [0.05, 0.1) is 24.8 Å². The van der Waals surface area contributed by atoms with Crippen LogP contribution in [0.15, 0.2) is 24.3 Å². The fraction of sp³-hybridized carbons (Fsp3) is 0.462. The number of rotatable bonds is 8. The van der Waals surface area contributed by atoms with Crippen molar-refractivity contribution in [2.75, 3.05) is 32.8 Å². The first-order valence-electron chi connectivity index (χ1n) is 5.90.